The second-order valence-electron chi connectivity index (χ2n) is 14.7. The van der Waals surface area contributed by atoms with Crippen molar-refractivity contribution in [2.75, 3.05) is 26.9 Å². The number of aliphatic hydroxyl groups excluding tert-OH is 4. The lowest BCUT2D eigenvalue weighted by Gasteiger charge is -2.47. The number of esters is 2. The van der Waals surface area contributed by atoms with Crippen LogP contribution in [0.5, 0.6) is 0 Å². The molecule has 1 saturated heterocycles. The Morgan fingerprint density at radius 1 is 1.10 bits per heavy atom. The molecule has 4 N–H and O–H groups in total. The number of hydrogen-bond acceptors (Lipinski definition) is 12. The molecule has 4 aliphatic rings. The zero-order chi connectivity index (χ0) is 35.7. The molecule has 13 unspecified atom stereocenters. The van der Waals surface area contributed by atoms with Gasteiger partial charge in [0.25, 0.3) is 0 Å². The molecular formula is C36H56O12. The van der Waals surface area contributed by atoms with Crippen LogP contribution in [-0.4, -0.2) is 114 Å². The second kappa shape index (κ2) is 15.4. The van der Waals surface area contributed by atoms with Gasteiger partial charge in [0, 0.05) is 38.2 Å². The average Bonchev–Trinajstić information content (AvgIpc) is 3.52. The molecule has 0 amide bonds. The number of ether oxygens (including phenoxy) is 6. The van der Waals surface area contributed by atoms with E-state index in [1.165, 1.54) is 13.8 Å². The number of carbonyl (C=O) groups is 2. The van der Waals surface area contributed by atoms with Crippen molar-refractivity contribution in [3.05, 3.63) is 35.5 Å². The van der Waals surface area contributed by atoms with Crippen LogP contribution in [0.1, 0.15) is 67.7 Å². The summed E-state index contributed by atoms with van der Waals surface area (Å²) in [6, 6.07) is 0. The van der Waals surface area contributed by atoms with Crippen LogP contribution in [0, 0.1) is 29.1 Å². The summed E-state index contributed by atoms with van der Waals surface area (Å²) < 4.78 is 35.1. The van der Waals surface area contributed by atoms with Gasteiger partial charge in [0.05, 0.1) is 37.6 Å². The van der Waals surface area contributed by atoms with Gasteiger partial charge in [-0.15, -0.1) is 6.58 Å². The zero-order valence-electron chi connectivity index (χ0n) is 29.6. The first-order valence-corrected chi connectivity index (χ1v) is 17.0. The van der Waals surface area contributed by atoms with E-state index in [1.807, 2.05) is 20.8 Å². The predicted molar refractivity (Wildman–Crippen MR) is 174 cm³/mol. The maximum Gasteiger partial charge on any atom is 0.303 e. The van der Waals surface area contributed by atoms with Crippen LogP contribution < -0.4 is 0 Å². The molecule has 0 bridgehead atoms. The first-order valence-electron chi connectivity index (χ1n) is 17.0. The van der Waals surface area contributed by atoms with E-state index >= 15 is 0 Å². The Balaban J connectivity index is 1.82. The fourth-order valence-electron chi connectivity index (χ4n) is 7.88. The normalized spacial score (nSPS) is 40.2. The van der Waals surface area contributed by atoms with E-state index in [9.17, 15) is 30.0 Å². The van der Waals surface area contributed by atoms with E-state index in [1.54, 1.807) is 27.0 Å². The van der Waals surface area contributed by atoms with Crippen molar-refractivity contribution in [1.82, 2.24) is 0 Å². The minimum atomic E-state index is -1.63. The van der Waals surface area contributed by atoms with Crippen LogP contribution in [0.3, 0.4) is 0 Å². The number of methoxy groups -OCH3 is 1. The van der Waals surface area contributed by atoms with E-state index in [2.05, 4.69) is 12.7 Å². The molecule has 0 aromatic heterocycles. The molecule has 13 atom stereocenters. The molecule has 12 nitrogen and oxygen atoms in total. The lowest BCUT2D eigenvalue weighted by Crippen LogP contribution is -2.62. The zero-order valence-corrected chi connectivity index (χ0v) is 29.6. The number of carbonyl (C=O) groups excluding carboxylic acids is 2. The third-order valence-corrected chi connectivity index (χ3v) is 10.8. The van der Waals surface area contributed by atoms with Gasteiger partial charge in [-0.2, -0.15) is 0 Å². The fraction of sp³-hybridized carbons (Fsp3) is 0.778. The van der Waals surface area contributed by atoms with E-state index in [4.69, 9.17) is 28.4 Å². The highest BCUT2D eigenvalue weighted by Gasteiger charge is 2.56. The summed E-state index contributed by atoms with van der Waals surface area (Å²) in [6.45, 7) is 16.0. The summed E-state index contributed by atoms with van der Waals surface area (Å²) in [5.74, 6) is -1.70. The Morgan fingerprint density at radius 2 is 1.79 bits per heavy atom. The molecule has 0 aromatic rings. The molecule has 2 fully saturated rings. The van der Waals surface area contributed by atoms with Crippen molar-refractivity contribution >= 4 is 11.9 Å². The highest BCUT2D eigenvalue weighted by atomic mass is 16.7. The van der Waals surface area contributed by atoms with Gasteiger partial charge < -0.3 is 48.8 Å². The smallest absolute Gasteiger partial charge is 0.303 e. The monoisotopic (exact) mass is 680 g/mol. The summed E-state index contributed by atoms with van der Waals surface area (Å²) in [7, 11) is 1.66. The van der Waals surface area contributed by atoms with Crippen molar-refractivity contribution in [3.63, 3.8) is 0 Å². The number of fused-ring (bicyclic) bond motifs is 2. The highest BCUT2D eigenvalue weighted by molar-refractivity contribution is 5.66. The SMILES string of the molecule is C=CC(C)(C)OCC1OC(OC2C3=C(C(C)COC(C)=O)CC(O)C3(C)/C=C3/C(COC)CCC3C(C)C2O)C(O)C(OC(C)=O)C1O. The minimum Gasteiger partial charge on any atom is -0.465 e. The lowest BCUT2D eigenvalue weighted by atomic mass is 9.68. The van der Waals surface area contributed by atoms with Gasteiger partial charge in [0.15, 0.2) is 12.4 Å². The molecule has 0 radical (unpaired) electrons. The quantitative estimate of drug-likeness (QED) is 0.176. The molecule has 0 spiro atoms. The lowest BCUT2D eigenvalue weighted by molar-refractivity contribution is -0.320. The van der Waals surface area contributed by atoms with Gasteiger partial charge >= 0.3 is 11.9 Å². The molecule has 12 heteroatoms. The number of aliphatic hydroxyl groups is 4. The molecule has 1 heterocycles. The van der Waals surface area contributed by atoms with Crippen LogP contribution >= 0.6 is 0 Å². The summed E-state index contributed by atoms with van der Waals surface area (Å²) in [6.07, 6.45) is -4.54. The average molecular weight is 681 g/mol. The summed E-state index contributed by atoms with van der Waals surface area (Å²) in [4.78, 5) is 23.8. The largest absolute Gasteiger partial charge is 0.465 e. The van der Waals surface area contributed by atoms with Crippen LogP contribution in [0.15, 0.2) is 35.5 Å². The van der Waals surface area contributed by atoms with Gasteiger partial charge in [-0.3, -0.25) is 9.59 Å². The number of hydrogen-bond donors (Lipinski definition) is 4. The third-order valence-electron chi connectivity index (χ3n) is 10.8. The maximum atomic E-state index is 12.3. The fourth-order valence-corrected chi connectivity index (χ4v) is 7.88. The minimum absolute atomic E-state index is 0.0190. The molecule has 48 heavy (non-hydrogen) atoms. The van der Waals surface area contributed by atoms with Crippen molar-refractivity contribution in [3.8, 4) is 0 Å². The molecule has 272 valence electrons. The Hall–Kier alpha value is -2.16. The van der Waals surface area contributed by atoms with Gasteiger partial charge in [-0.1, -0.05) is 37.1 Å². The highest BCUT2D eigenvalue weighted by Crippen LogP contribution is 2.56. The van der Waals surface area contributed by atoms with Crippen LogP contribution in [0.2, 0.25) is 0 Å². The maximum absolute atomic E-state index is 12.3. The first-order chi connectivity index (χ1) is 22.4. The second-order valence-corrected chi connectivity index (χ2v) is 14.7. The topological polar surface area (TPSA) is 170 Å². The molecule has 4 rings (SSSR count). The van der Waals surface area contributed by atoms with Crippen LogP contribution in [0.25, 0.3) is 0 Å². The predicted octanol–water partition coefficient (Wildman–Crippen LogP) is 2.61. The van der Waals surface area contributed by atoms with E-state index in [-0.39, 0.29) is 43.3 Å². The molecule has 1 aliphatic heterocycles. The number of rotatable bonds is 12. The van der Waals surface area contributed by atoms with Crippen molar-refractivity contribution in [2.24, 2.45) is 29.1 Å². The van der Waals surface area contributed by atoms with E-state index in [0.29, 0.717) is 12.2 Å². The van der Waals surface area contributed by atoms with Crippen molar-refractivity contribution < 1.29 is 58.4 Å². The summed E-state index contributed by atoms with van der Waals surface area (Å²) in [5.41, 5.74) is 0.746. The molecular weight excluding hydrogens is 624 g/mol. The van der Waals surface area contributed by atoms with Gasteiger partial charge in [0.2, 0.25) is 0 Å². The van der Waals surface area contributed by atoms with Gasteiger partial charge in [-0.05, 0) is 57.4 Å². The van der Waals surface area contributed by atoms with Crippen LogP contribution in [-0.2, 0) is 38.0 Å². The Bertz CT molecular complexity index is 1240. The summed E-state index contributed by atoms with van der Waals surface area (Å²) >= 11 is 0. The Kier molecular flexibility index (Phi) is 12.4. The molecule has 3 aliphatic carbocycles. The third kappa shape index (κ3) is 7.91. The van der Waals surface area contributed by atoms with Gasteiger partial charge in [-0.25, -0.2) is 0 Å². The Morgan fingerprint density at radius 3 is 2.40 bits per heavy atom. The van der Waals surface area contributed by atoms with Crippen molar-refractivity contribution in [2.45, 2.75) is 122 Å². The first kappa shape index (κ1) is 38.6. The van der Waals surface area contributed by atoms with Crippen molar-refractivity contribution in [1.29, 1.82) is 0 Å². The molecule has 1 saturated carbocycles. The van der Waals surface area contributed by atoms with Gasteiger partial charge in [0.1, 0.15) is 24.4 Å². The molecule has 0 aromatic carbocycles. The van der Waals surface area contributed by atoms with E-state index < -0.39 is 72.0 Å². The van der Waals surface area contributed by atoms with E-state index in [0.717, 1.165) is 24.0 Å². The van der Waals surface area contributed by atoms with Crippen LogP contribution in [0.4, 0.5) is 0 Å². The Labute approximate surface area is 284 Å². The summed E-state index contributed by atoms with van der Waals surface area (Å²) in [5, 5.41) is 46.7. The standard InChI is InChI=1S/C36H56O12/c1-10-35(6,7)45-17-26-30(41)33(46-21(5)38)31(42)34(47-26)48-32-28-24(18(2)15-44-20(4)37)13-27(39)36(28,8)14-25-22(16-43-9)11-12-23(25)19(3)29(32)40/h10,14,18-19,22-23,26-27,29-34,39-42H,1,11-13,15-17H2,2-9H3/b25-14-.